The number of carbonyl (C=O) groups excluding carboxylic acids is 2. The van der Waals surface area contributed by atoms with Crippen LogP contribution in [-0.4, -0.2) is 18.5 Å². The second kappa shape index (κ2) is 4.77. The molecule has 1 atom stereocenters. The minimum atomic E-state index is -4.79. The maximum Gasteiger partial charge on any atom is 0.427 e. The van der Waals surface area contributed by atoms with Crippen LogP contribution in [0, 0.1) is 17.8 Å². The van der Waals surface area contributed by atoms with Crippen molar-refractivity contribution in [3.05, 3.63) is 29.3 Å². The van der Waals surface area contributed by atoms with Crippen molar-refractivity contribution in [2.75, 3.05) is 5.32 Å². The standard InChI is InChI=1S/C15H11F3N2O2/c16-15(17,18)14(6-5-9-1-2-9)11-4-3-10(8-21)7-12(11)19-13(22)20-14/h3-4,7-9H,1-2H2,(H2,19,20,22)/t14-/m0/s1. The molecule has 1 aromatic rings. The van der Waals surface area contributed by atoms with Gasteiger partial charge in [-0.15, -0.1) is 0 Å². The number of benzene rings is 1. The first-order valence-electron chi connectivity index (χ1n) is 6.64. The third kappa shape index (κ3) is 2.30. The maximum atomic E-state index is 13.7. The largest absolute Gasteiger partial charge is 0.427 e. The molecule has 1 fully saturated rings. The molecule has 114 valence electrons. The highest BCUT2D eigenvalue weighted by Crippen LogP contribution is 2.44. The van der Waals surface area contributed by atoms with E-state index < -0.39 is 17.7 Å². The molecule has 2 N–H and O–H groups in total. The van der Waals surface area contributed by atoms with E-state index in [1.54, 1.807) is 0 Å². The van der Waals surface area contributed by atoms with Gasteiger partial charge in [0, 0.05) is 17.0 Å². The highest BCUT2D eigenvalue weighted by Gasteiger charge is 2.59. The molecule has 0 spiro atoms. The molecule has 1 aliphatic heterocycles. The fourth-order valence-corrected chi connectivity index (χ4v) is 2.29. The van der Waals surface area contributed by atoms with E-state index in [1.165, 1.54) is 18.2 Å². The van der Waals surface area contributed by atoms with E-state index in [4.69, 9.17) is 0 Å². The quantitative estimate of drug-likeness (QED) is 0.619. The fraction of sp³-hybridized carbons (Fsp3) is 0.333. The lowest BCUT2D eigenvalue weighted by Gasteiger charge is -2.37. The molecule has 1 saturated carbocycles. The number of hydrogen-bond donors (Lipinski definition) is 2. The van der Waals surface area contributed by atoms with Crippen LogP contribution in [-0.2, 0) is 5.54 Å². The Labute approximate surface area is 124 Å². The number of anilines is 1. The van der Waals surface area contributed by atoms with Crippen molar-refractivity contribution >= 4 is 18.0 Å². The maximum absolute atomic E-state index is 13.7. The summed E-state index contributed by atoms with van der Waals surface area (Å²) in [7, 11) is 0. The predicted octanol–water partition coefficient (Wildman–Crippen LogP) is 2.81. The summed E-state index contributed by atoms with van der Waals surface area (Å²) in [5.41, 5.74) is -2.85. The van der Waals surface area contributed by atoms with Crippen molar-refractivity contribution in [3.8, 4) is 11.8 Å². The highest BCUT2D eigenvalue weighted by atomic mass is 19.4. The van der Waals surface area contributed by atoms with Gasteiger partial charge in [-0.05, 0) is 18.9 Å². The molecule has 1 aromatic carbocycles. The number of amides is 2. The fourth-order valence-electron chi connectivity index (χ4n) is 2.29. The highest BCUT2D eigenvalue weighted by molar-refractivity contribution is 5.96. The van der Waals surface area contributed by atoms with Crippen LogP contribution in [0.4, 0.5) is 23.7 Å². The topological polar surface area (TPSA) is 58.2 Å². The number of halogens is 3. The predicted molar refractivity (Wildman–Crippen MR) is 72.2 cm³/mol. The van der Waals surface area contributed by atoms with E-state index in [-0.39, 0.29) is 22.7 Å². The van der Waals surface area contributed by atoms with E-state index in [0.717, 1.165) is 12.8 Å². The van der Waals surface area contributed by atoms with Crippen molar-refractivity contribution in [1.82, 2.24) is 5.32 Å². The SMILES string of the molecule is O=Cc1ccc2c(c1)NC(=O)N[C@]2(C#CC1CC1)C(F)(F)F. The normalized spacial score (nSPS) is 23.5. The summed E-state index contributed by atoms with van der Waals surface area (Å²) in [4.78, 5) is 22.4. The number of alkyl halides is 3. The Morgan fingerprint density at radius 3 is 2.64 bits per heavy atom. The Hall–Kier alpha value is -2.49. The Kier molecular flexibility index (Phi) is 3.13. The van der Waals surface area contributed by atoms with Crippen molar-refractivity contribution in [1.29, 1.82) is 0 Å². The lowest BCUT2D eigenvalue weighted by molar-refractivity contribution is -0.178. The smallest absolute Gasteiger partial charge is 0.310 e. The number of nitrogens with one attached hydrogen (secondary N) is 2. The van der Waals surface area contributed by atoms with Crippen LogP contribution in [0.3, 0.4) is 0 Å². The number of aldehydes is 1. The number of hydrogen-bond acceptors (Lipinski definition) is 2. The first-order chi connectivity index (χ1) is 10.4. The van der Waals surface area contributed by atoms with Gasteiger partial charge in [-0.2, -0.15) is 13.2 Å². The van der Waals surface area contributed by atoms with Gasteiger partial charge in [0.1, 0.15) is 6.29 Å². The zero-order chi connectivity index (χ0) is 16.0. The molecule has 2 aliphatic rings. The van der Waals surface area contributed by atoms with Crippen molar-refractivity contribution < 1.29 is 22.8 Å². The minimum absolute atomic E-state index is 0.0521. The molecular weight excluding hydrogens is 297 g/mol. The minimum Gasteiger partial charge on any atom is -0.310 e. The van der Waals surface area contributed by atoms with Gasteiger partial charge in [-0.25, -0.2) is 4.79 Å². The Bertz CT molecular complexity index is 714. The lowest BCUT2D eigenvalue weighted by atomic mass is 9.86. The zero-order valence-corrected chi connectivity index (χ0v) is 11.3. The summed E-state index contributed by atoms with van der Waals surface area (Å²) < 4.78 is 41.1. The summed E-state index contributed by atoms with van der Waals surface area (Å²) in [6.45, 7) is 0. The first kappa shape index (κ1) is 14.4. The first-order valence-corrected chi connectivity index (χ1v) is 6.64. The molecule has 2 amide bonds. The van der Waals surface area contributed by atoms with Crippen molar-refractivity contribution in [2.45, 2.75) is 24.6 Å². The number of carbonyl (C=O) groups is 2. The molecule has 0 radical (unpaired) electrons. The van der Waals surface area contributed by atoms with Crippen LogP contribution in [0.25, 0.3) is 0 Å². The van der Waals surface area contributed by atoms with E-state index in [1.807, 2.05) is 5.32 Å². The monoisotopic (exact) mass is 308 g/mol. The van der Waals surface area contributed by atoms with Gasteiger partial charge >= 0.3 is 12.2 Å². The summed E-state index contributed by atoms with van der Waals surface area (Å²) in [5, 5.41) is 4.20. The van der Waals surface area contributed by atoms with Gasteiger partial charge in [-0.3, -0.25) is 4.79 Å². The van der Waals surface area contributed by atoms with E-state index in [2.05, 4.69) is 17.2 Å². The molecule has 7 heteroatoms. The van der Waals surface area contributed by atoms with Gasteiger partial charge in [0.15, 0.2) is 0 Å². The molecular formula is C15H11F3N2O2. The van der Waals surface area contributed by atoms with Crippen LogP contribution in [0.15, 0.2) is 18.2 Å². The molecule has 0 saturated heterocycles. The molecule has 4 nitrogen and oxygen atoms in total. The van der Waals surface area contributed by atoms with Gasteiger partial charge in [0.25, 0.3) is 0 Å². The van der Waals surface area contributed by atoms with Crippen LogP contribution in [0.1, 0.15) is 28.8 Å². The number of rotatable bonds is 1. The van der Waals surface area contributed by atoms with E-state index in [9.17, 15) is 22.8 Å². The molecule has 0 bridgehead atoms. The summed E-state index contributed by atoms with van der Waals surface area (Å²) in [6, 6.07) is 2.64. The number of urea groups is 1. The second-order valence-electron chi connectivity index (χ2n) is 5.29. The third-order valence-electron chi connectivity index (χ3n) is 3.60. The average Bonchev–Trinajstić information content (AvgIpc) is 3.26. The van der Waals surface area contributed by atoms with Crippen molar-refractivity contribution in [2.24, 2.45) is 5.92 Å². The van der Waals surface area contributed by atoms with Crippen LogP contribution in [0.2, 0.25) is 0 Å². The van der Waals surface area contributed by atoms with Crippen LogP contribution >= 0.6 is 0 Å². The van der Waals surface area contributed by atoms with E-state index in [0.29, 0.717) is 6.29 Å². The number of fused-ring (bicyclic) bond motifs is 1. The Morgan fingerprint density at radius 2 is 2.05 bits per heavy atom. The molecule has 0 aromatic heterocycles. The summed E-state index contributed by atoms with van der Waals surface area (Å²) >= 11 is 0. The van der Waals surface area contributed by atoms with Gasteiger partial charge in [0.05, 0.1) is 5.69 Å². The lowest BCUT2D eigenvalue weighted by Crippen LogP contribution is -2.59. The molecule has 1 aliphatic carbocycles. The molecule has 1 heterocycles. The van der Waals surface area contributed by atoms with Crippen molar-refractivity contribution in [3.63, 3.8) is 0 Å². The third-order valence-corrected chi connectivity index (χ3v) is 3.60. The Morgan fingerprint density at radius 1 is 1.32 bits per heavy atom. The summed E-state index contributed by atoms with van der Waals surface area (Å²) in [5.74, 6) is 4.76. The van der Waals surface area contributed by atoms with E-state index >= 15 is 0 Å². The Balaban J connectivity index is 2.20. The zero-order valence-electron chi connectivity index (χ0n) is 11.3. The molecule has 0 unspecified atom stereocenters. The summed E-state index contributed by atoms with van der Waals surface area (Å²) in [6.07, 6.45) is -2.75. The second-order valence-corrected chi connectivity index (χ2v) is 5.29. The van der Waals surface area contributed by atoms with Gasteiger partial charge in [0.2, 0.25) is 5.54 Å². The van der Waals surface area contributed by atoms with Crippen LogP contribution < -0.4 is 10.6 Å². The molecule has 22 heavy (non-hydrogen) atoms. The molecule has 3 rings (SSSR count). The van der Waals surface area contributed by atoms with Gasteiger partial charge in [-0.1, -0.05) is 24.0 Å². The van der Waals surface area contributed by atoms with Gasteiger partial charge < -0.3 is 10.6 Å². The van der Waals surface area contributed by atoms with Crippen LogP contribution in [0.5, 0.6) is 0 Å². The average molecular weight is 308 g/mol.